The summed E-state index contributed by atoms with van der Waals surface area (Å²) in [6.45, 7) is 2.97. The summed E-state index contributed by atoms with van der Waals surface area (Å²) in [5.41, 5.74) is 1.25. The van der Waals surface area contributed by atoms with Crippen LogP contribution in [0.4, 0.5) is 0 Å². The first-order valence-electron chi connectivity index (χ1n) is 7.98. The van der Waals surface area contributed by atoms with E-state index in [-0.39, 0.29) is 12.4 Å². The van der Waals surface area contributed by atoms with Gasteiger partial charge < -0.3 is 10.2 Å². The van der Waals surface area contributed by atoms with Gasteiger partial charge in [-0.2, -0.15) is 0 Å². The normalized spacial score (nSPS) is 23.8. The summed E-state index contributed by atoms with van der Waals surface area (Å²) in [6.07, 6.45) is 5.04. The third-order valence-corrected chi connectivity index (χ3v) is 4.97. The van der Waals surface area contributed by atoms with Crippen molar-refractivity contribution in [3.63, 3.8) is 0 Å². The molecule has 2 atom stereocenters. The number of hydrogen-bond donors (Lipinski definition) is 1. The molecule has 0 unspecified atom stereocenters. The first kappa shape index (κ1) is 17.6. The molecule has 2 aliphatic rings. The van der Waals surface area contributed by atoms with Crippen LogP contribution in [-0.4, -0.2) is 36.5 Å². The standard InChI is InChI=1S/C17H23ClN2O.ClH/c18-15-8-6-13(7-9-15)3-1-5-17(21)20-11-14-4-2-10-19-16(14)12-20;/h6-9,14,16,19H,1-5,10-12H2;1H/t14-,16+;/m0./s1. The number of hydrogen-bond acceptors (Lipinski definition) is 2. The summed E-state index contributed by atoms with van der Waals surface area (Å²) >= 11 is 5.88. The van der Waals surface area contributed by atoms with Gasteiger partial charge in [-0.05, 0) is 55.8 Å². The number of rotatable bonds is 4. The molecule has 1 aromatic rings. The monoisotopic (exact) mass is 342 g/mol. The Morgan fingerprint density at radius 2 is 2.05 bits per heavy atom. The largest absolute Gasteiger partial charge is 0.341 e. The summed E-state index contributed by atoms with van der Waals surface area (Å²) in [7, 11) is 0. The van der Waals surface area contributed by atoms with Crippen molar-refractivity contribution in [2.45, 2.75) is 38.1 Å². The molecular weight excluding hydrogens is 319 g/mol. The fraction of sp³-hybridized carbons (Fsp3) is 0.588. The van der Waals surface area contributed by atoms with Gasteiger partial charge in [-0.15, -0.1) is 12.4 Å². The van der Waals surface area contributed by atoms with E-state index in [0.29, 0.717) is 24.3 Å². The Hall–Kier alpha value is -0.770. The Labute approximate surface area is 143 Å². The van der Waals surface area contributed by atoms with Crippen molar-refractivity contribution >= 4 is 29.9 Å². The van der Waals surface area contributed by atoms with Gasteiger partial charge in [0.2, 0.25) is 5.91 Å². The van der Waals surface area contributed by atoms with Gasteiger partial charge in [-0.1, -0.05) is 23.7 Å². The molecule has 1 aromatic carbocycles. The molecule has 1 amide bonds. The number of nitrogens with zero attached hydrogens (tertiary/aromatic N) is 1. The molecule has 0 bridgehead atoms. The van der Waals surface area contributed by atoms with Crippen LogP contribution in [0.2, 0.25) is 5.02 Å². The molecule has 5 heteroatoms. The molecule has 0 saturated carbocycles. The third-order valence-electron chi connectivity index (χ3n) is 4.72. The van der Waals surface area contributed by atoms with E-state index >= 15 is 0 Å². The number of fused-ring (bicyclic) bond motifs is 1. The predicted octanol–water partition coefficient (Wildman–Crippen LogP) is 3.29. The van der Waals surface area contributed by atoms with E-state index in [1.54, 1.807) is 0 Å². The Kier molecular flexibility index (Phi) is 6.54. The molecule has 2 saturated heterocycles. The molecule has 22 heavy (non-hydrogen) atoms. The van der Waals surface area contributed by atoms with Gasteiger partial charge in [0.05, 0.1) is 0 Å². The zero-order valence-electron chi connectivity index (χ0n) is 12.8. The van der Waals surface area contributed by atoms with Gasteiger partial charge in [0, 0.05) is 30.6 Å². The second kappa shape index (κ2) is 8.19. The highest BCUT2D eigenvalue weighted by Gasteiger charge is 2.35. The topological polar surface area (TPSA) is 32.3 Å². The summed E-state index contributed by atoms with van der Waals surface area (Å²) in [5.74, 6) is 0.999. The number of carbonyl (C=O) groups excluding carboxylic acids is 1. The average Bonchev–Trinajstić information content (AvgIpc) is 2.93. The van der Waals surface area contributed by atoms with Crippen molar-refractivity contribution in [3.05, 3.63) is 34.9 Å². The van der Waals surface area contributed by atoms with Crippen LogP contribution in [0.1, 0.15) is 31.2 Å². The summed E-state index contributed by atoms with van der Waals surface area (Å²) in [6, 6.07) is 8.45. The molecule has 2 fully saturated rings. The van der Waals surface area contributed by atoms with Gasteiger partial charge in [0.1, 0.15) is 0 Å². The fourth-order valence-electron chi connectivity index (χ4n) is 3.50. The fourth-order valence-corrected chi connectivity index (χ4v) is 3.63. The Balaban J connectivity index is 0.00000176. The lowest BCUT2D eigenvalue weighted by atomic mass is 9.94. The molecule has 0 spiro atoms. The molecule has 0 aliphatic carbocycles. The van der Waals surface area contributed by atoms with Crippen LogP contribution < -0.4 is 5.32 Å². The van der Waals surface area contributed by atoms with Crippen molar-refractivity contribution in [1.82, 2.24) is 10.2 Å². The Morgan fingerprint density at radius 1 is 1.27 bits per heavy atom. The van der Waals surface area contributed by atoms with Gasteiger partial charge >= 0.3 is 0 Å². The molecule has 3 rings (SSSR count). The summed E-state index contributed by atoms with van der Waals surface area (Å²) in [4.78, 5) is 14.4. The quantitative estimate of drug-likeness (QED) is 0.910. The zero-order chi connectivity index (χ0) is 14.7. The molecule has 3 nitrogen and oxygen atoms in total. The highest BCUT2D eigenvalue weighted by molar-refractivity contribution is 6.30. The van der Waals surface area contributed by atoms with Crippen LogP contribution in [0.25, 0.3) is 0 Å². The Morgan fingerprint density at radius 3 is 2.77 bits per heavy atom. The molecule has 0 aromatic heterocycles. The number of carbonyl (C=O) groups is 1. The highest BCUT2D eigenvalue weighted by atomic mass is 35.5. The molecule has 122 valence electrons. The number of likely N-dealkylation sites (tertiary alicyclic amines) is 1. The van der Waals surface area contributed by atoms with E-state index in [1.807, 2.05) is 24.3 Å². The minimum atomic E-state index is 0. The first-order valence-corrected chi connectivity index (χ1v) is 8.36. The van der Waals surface area contributed by atoms with E-state index in [2.05, 4.69) is 10.2 Å². The minimum Gasteiger partial charge on any atom is -0.341 e. The van der Waals surface area contributed by atoms with Crippen LogP contribution >= 0.6 is 24.0 Å². The van der Waals surface area contributed by atoms with E-state index in [9.17, 15) is 4.79 Å². The van der Waals surface area contributed by atoms with Gasteiger partial charge in [-0.25, -0.2) is 0 Å². The minimum absolute atomic E-state index is 0. The molecule has 2 heterocycles. The average molecular weight is 343 g/mol. The maximum Gasteiger partial charge on any atom is 0.222 e. The number of aryl methyl sites for hydroxylation is 1. The van der Waals surface area contributed by atoms with Crippen LogP contribution in [-0.2, 0) is 11.2 Å². The van der Waals surface area contributed by atoms with Crippen molar-refractivity contribution in [3.8, 4) is 0 Å². The van der Waals surface area contributed by atoms with Crippen molar-refractivity contribution in [2.24, 2.45) is 5.92 Å². The van der Waals surface area contributed by atoms with Crippen LogP contribution in [0.5, 0.6) is 0 Å². The van der Waals surface area contributed by atoms with E-state index < -0.39 is 0 Å². The number of nitrogens with one attached hydrogen (secondary N) is 1. The van der Waals surface area contributed by atoms with E-state index in [4.69, 9.17) is 11.6 Å². The second-order valence-electron chi connectivity index (χ2n) is 6.24. The summed E-state index contributed by atoms with van der Waals surface area (Å²) in [5, 5.41) is 4.31. The van der Waals surface area contributed by atoms with E-state index in [0.717, 1.165) is 37.5 Å². The zero-order valence-corrected chi connectivity index (χ0v) is 14.3. The van der Waals surface area contributed by atoms with Crippen molar-refractivity contribution in [2.75, 3.05) is 19.6 Å². The van der Waals surface area contributed by atoms with Crippen LogP contribution in [0.3, 0.4) is 0 Å². The predicted molar refractivity (Wildman–Crippen MR) is 92.7 cm³/mol. The second-order valence-corrected chi connectivity index (χ2v) is 6.68. The molecular formula is C17H24Cl2N2O. The van der Waals surface area contributed by atoms with Crippen LogP contribution in [0.15, 0.2) is 24.3 Å². The van der Waals surface area contributed by atoms with E-state index in [1.165, 1.54) is 18.4 Å². The smallest absolute Gasteiger partial charge is 0.222 e. The van der Waals surface area contributed by atoms with Gasteiger partial charge in [-0.3, -0.25) is 4.79 Å². The lowest BCUT2D eigenvalue weighted by Crippen LogP contribution is -2.41. The number of halogens is 2. The maximum atomic E-state index is 12.3. The first-order chi connectivity index (χ1) is 10.2. The van der Waals surface area contributed by atoms with Crippen molar-refractivity contribution < 1.29 is 4.79 Å². The van der Waals surface area contributed by atoms with Gasteiger partial charge in [0.15, 0.2) is 0 Å². The third kappa shape index (κ3) is 4.37. The number of piperidine rings is 1. The number of amides is 1. The highest BCUT2D eigenvalue weighted by Crippen LogP contribution is 2.25. The lowest BCUT2D eigenvalue weighted by molar-refractivity contribution is -0.130. The van der Waals surface area contributed by atoms with Crippen molar-refractivity contribution in [1.29, 1.82) is 0 Å². The molecule has 1 N–H and O–H groups in total. The maximum absolute atomic E-state index is 12.3. The SMILES string of the molecule is Cl.O=C(CCCc1ccc(Cl)cc1)N1C[C@@H]2CCCN[C@@H]2C1. The molecule has 0 radical (unpaired) electrons. The Bertz CT molecular complexity index is 478. The molecule has 2 aliphatic heterocycles. The lowest BCUT2D eigenvalue weighted by Gasteiger charge is -2.24. The van der Waals surface area contributed by atoms with Crippen LogP contribution in [0, 0.1) is 5.92 Å². The number of benzene rings is 1. The summed E-state index contributed by atoms with van der Waals surface area (Å²) < 4.78 is 0. The van der Waals surface area contributed by atoms with Gasteiger partial charge in [0.25, 0.3) is 0 Å².